The molecule has 28 heavy (non-hydrogen) atoms. The SMILES string of the molecule is CCc1ccc(NC(=O)[C@@H](C)Nc2cccc(S(=O)(=O)N3CCCC3)c2)cc1. The summed E-state index contributed by atoms with van der Waals surface area (Å²) >= 11 is 0. The van der Waals surface area contributed by atoms with Gasteiger partial charge in [0, 0.05) is 24.5 Å². The van der Waals surface area contributed by atoms with Crippen molar-refractivity contribution in [1.29, 1.82) is 0 Å². The second kappa shape index (κ2) is 8.75. The molecule has 150 valence electrons. The van der Waals surface area contributed by atoms with Crippen LogP contribution in [0.3, 0.4) is 0 Å². The van der Waals surface area contributed by atoms with Gasteiger partial charge in [0.15, 0.2) is 0 Å². The summed E-state index contributed by atoms with van der Waals surface area (Å²) in [6.07, 6.45) is 2.74. The van der Waals surface area contributed by atoms with Gasteiger partial charge >= 0.3 is 0 Å². The Labute approximate surface area is 167 Å². The molecule has 1 aliphatic heterocycles. The first kappa shape index (κ1) is 20.4. The summed E-state index contributed by atoms with van der Waals surface area (Å²) in [6, 6.07) is 13.9. The number of rotatable bonds is 7. The molecule has 1 heterocycles. The van der Waals surface area contributed by atoms with Crippen molar-refractivity contribution in [2.24, 2.45) is 0 Å². The lowest BCUT2D eigenvalue weighted by Gasteiger charge is -2.18. The van der Waals surface area contributed by atoms with Crippen molar-refractivity contribution >= 4 is 27.3 Å². The van der Waals surface area contributed by atoms with Gasteiger partial charge in [-0.05, 0) is 62.1 Å². The summed E-state index contributed by atoms with van der Waals surface area (Å²) in [6.45, 7) is 4.96. The lowest BCUT2D eigenvalue weighted by atomic mass is 10.1. The molecule has 0 spiro atoms. The Kier molecular flexibility index (Phi) is 6.36. The van der Waals surface area contributed by atoms with Crippen LogP contribution in [0.25, 0.3) is 0 Å². The lowest BCUT2D eigenvalue weighted by molar-refractivity contribution is -0.116. The zero-order valence-corrected chi connectivity index (χ0v) is 17.1. The molecular formula is C21H27N3O3S. The molecule has 7 heteroatoms. The quantitative estimate of drug-likeness (QED) is 0.745. The van der Waals surface area contributed by atoms with E-state index in [2.05, 4.69) is 17.6 Å². The summed E-state index contributed by atoms with van der Waals surface area (Å²) in [4.78, 5) is 12.7. The van der Waals surface area contributed by atoms with Crippen molar-refractivity contribution in [3.05, 3.63) is 54.1 Å². The van der Waals surface area contributed by atoms with E-state index in [0.717, 1.165) is 24.9 Å². The van der Waals surface area contributed by atoms with Gasteiger partial charge in [0.1, 0.15) is 6.04 Å². The van der Waals surface area contributed by atoms with Gasteiger partial charge in [-0.1, -0.05) is 25.1 Å². The molecular weight excluding hydrogens is 374 g/mol. The van der Waals surface area contributed by atoms with Crippen LogP contribution in [0.1, 0.15) is 32.3 Å². The van der Waals surface area contributed by atoms with Gasteiger partial charge in [0.05, 0.1) is 4.90 Å². The highest BCUT2D eigenvalue weighted by molar-refractivity contribution is 7.89. The Balaban J connectivity index is 1.66. The number of hydrogen-bond acceptors (Lipinski definition) is 4. The predicted octanol–water partition coefficient (Wildman–Crippen LogP) is 3.47. The van der Waals surface area contributed by atoms with Crippen molar-refractivity contribution in [3.63, 3.8) is 0 Å². The third-order valence-corrected chi connectivity index (χ3v) is 6.84. The van der Waals surface area contributed by atoms with Gasteiger partial charge in [-0.3, -0.25) is 4.79 Å². The monoisotopic (exact) mass is 401 g/mol. The van der Waals surface area contributed by atoms with Gasteiger partial charge in [-0.15, -0.1) is 0 Å². The molecule has 1 saturated heterocycles. The summed E-state index contributed by atoms with van der Waals surface area (Å²) in [7, 11) is -3.48. The zero-order valence-electron chi connectivity index (χ0n) is 16.3. The Hall–Kier alpha value is -2.38. The molecule has 0 unspecified atom stereocenters. The fourth-order valence-electron chi connectivity index (χ4n) is 3.21. The number of carbonyl (C=O) groups is 1. The molecule has 2 aromatic rings. The maximum absolute atomic E-state index is 12.7. The van der Waals surface area contributed by atoms with Crippen LogP contribution in [0.4, 0.5) is 11.4 Å². The fraction of sp³-hybridized carbons (Fsp3) is 0.381. The molecule has 1 fully saturated rings. The number of amides is 1. The second-order valence-corrected chi connectivity index (χ2v) is 8.98. The van der Waals surface area contributed by atoms with E-state index in [9.17, 15) is 13.2 Å². The molecule has 0 aromatic heterocycles. The minimum atomic E-state index is -3.48. The van der Waals surface area contributed by atoms with E-state index in [-0.39, 0.29) is 10.8 Å². The second-order valence-electron chi connectivity index (χ2n) is 7.04. The van der Waals surface area contributed by atoms with E-state index < -0.39 is 16.1 Å². The van der Waals surface area contributed by atoms with Crippen LogP contribution in [-0.2, 0) is 21.2 Å². The third-order valence-electron chi connectivity index (χ3n) is 4.94. The Morgan fingerprint density at radius 2 is 1.75 bits per heavy atom. The molecule has 0 bridgehead atoms. The summed E-state index contributed by atoms with van der Waals surface area (Å²) in [5.74, 6) is -0.183. The van der Waals surface area contributed by atoms with Gasteiger partial charge in [0.25, 0.3) is 0 Å². The minimum Gasteiger partial charge on any atom is -0.374 e. The Bertz CT molecular complexity index is 920. The molecule has 2 aromatic carbocycles. The van der Waals surface area contributed by atoms with Gasteiger partial charge in [0.2, 0.25) is 15.9 Å². The first-order chi connectivity index (χ1) is 13.4. The summed E-state index contributed by atoms with van der Waals surface area (Å²) in [5.41, 5.74) is 2.55. The highest BCUT2D eigenvalue weighted by Crippen LogP contribution is 2.23. The highest BCUT2D eigenvalue weighted by atomic mass is 32.2. The normalized spacial score (nSPS) is 15.9. The van der Waals surface area contributed by atoms with Gasteiger partial charge in [-0.2, -0.15) is 4.31 Å². The van der Waals surface area contributed by atoms with Crippen LogP contribution in [-0.4, -0.2) is 37.8 Å². The van der Waals surface area contributed by atoms with Crippen molar-refractivity contribution < 1.29 is 13.2 Å². The molecule has 0 aliphatic carbocycles. The fourth-order valence-corrected chi connectivity index (χ4v) is 4.78. The number of nitrogens with one attached hydrogen (secondary N) is 2. The van der Waals surface area contributed by atoms with Crippen LogP contribution >= 0.6 is 0 Å². The molecule has 0 radical (unpaired) electrons. The third kappa shape index (κ3) is 4.72. The van der Waals surface area contributed by atoms with Crippen molar-refractivity contribution in [2.75, 3.05) is 23.7 Å². The summed E-state index contributed by atoms with van der Waals surface area (Å²) in [5, 5.41) is 5.97. The molecule has 3 rings (SSSR count). The number of carbonyl (C=O) groups excluding carboxylic acids is 1. The van der Waals surface area contributed by atoms with Gasteiger partial charge < -0.3 is 10.6 Å². The Morgan fingerprint density at radius 3 is 2.39 bits per heavy atom. The average Bonchev–Trinajstić information content (AvgIpc) is 3.24. The summed E-state index contributed by atoms with van der Waals surface area (Å²) < 4.78 is 27.0. The maximum atomic E-state index is 12.7. The Morgan fingerprint density at radius 1 is 1.07 bits per heavy atom. The average molecular weight is 402 g/mol. The number of aryl methyl sites for hydroxylation is 1. The van der Waals surface area contributed by atoms with E-state index in [0.29, 0.717) is 18.8 Å². The predicted molar refractivity (Wildman–Crippen MR) is 112 cm³/mol. The van der Waals surface area contributed by atoms with Crippen molar-refractivity contribution in [3.8, 4) is 0 Å². The topological polar surface area (TPSA) is 78.5 Å². The number of anilines is 2. The van der Waals surface area contributed by atoms with Crippen LogP contribution in [0.15, 0.2) is 53.4 Å². The van der Waals surface area contributed by atoms with E-state index in [1.807, 2.05) is 24.3 Å². The molecule has 6 nitrogen and oxygen atoms in total. The number of sulfonamides is 1. The first-order valence-corrected chi connectivity index (χ1v) is 11.1. The number of benzene rings is 2. The van der Waals surface area contributed by atoms with Crippen LogP contribution in [0, 0.1) is 0 Å². The molecule has 2 N–H and O–H groups in total. The van der Waals surface area contributed by atoms with E-state index in [1.54, 1.807) is 31.2 Å². The largest absolute Gasteiger partial charge is 0.374 e. The highest BCUT2D eigenvalue weighted by Gasteiger charge is 2.27. The van der Waals surface area contributed by atoms with E-state index >= 15 is 0 Å². The van der Waals surface area contributed by atoms with E-state index in [1.165, 1.54) is 9.87 Å². The molecule has 1 aliphatic rings. The van der Waals surface area contributed by atoms with Crippen molar-refractivity contribution in [2.45, 2.75) is 44.0 Å². The number of nitrogens with zero attached hydrogens (tertiary/aromatic N) is 1. The lowest BCUT2D eigenvalue weighted by Crippen LogP contribution is -2.32. The maximum Gasteiger partial charge on any atom is 0.246 e. The minimum absolute atomic E-state index is 0.183. The van der Waals surface area contributed by atoms with Crippen LogP contribution in [0.2, 0.25) is 0 Å². The first-order valence-electron chi connectivity index (χ1n) is 9.66. The smallest absolute Gasteiger partial charge is 0.246 e. The molecule has 1 atom stereocenters. The molecule has 0 saturated carbocycles. The number of hydrogen-bond donors (Lipinski definition) is 2. The molecule has 1 amide bonds. The van der Waals surface area contributed by atoms with Crippen molar-refractivity contribution in [1.82, 2.24) is 4.31 Å². The standard InChI is InChI=1S/C21H27N3O3S/c1-3-17-9-11-18(12-10-17)23-21(25)16(2)22-19-7-6-8-20(15-19)28(26,27)24-13-4-5-14-24/h6-12,15-16,22H,3-5,13-14H2,1-2H3,(H,23,25)/t16-/m1/s1. The van der Waals surface area contributed by atoms with Gasteiger partial charge in [-0.25, -0.2) is 8.42 Å². The zero-order chi connectivity index (χ0) is 20.1. The van der Waals surface area contributed by atoms with Crippen LogP contribution in [0.5, 0.6) is 0 Å². The van der Waals surface area contributed by atoms with E-state index in [4.69, 9.17) is 0 Å². The van der Waals surface area contributed by atoms with Crippen LogP contribution < -0.4 is 10.6 Å².